The first-order chi connectivity index (χ1) is 11.1. The van der Waals surface area contributed by atoms with Crippen molar-refractivity contribution >= 4 is 34.1 Å². The van der Waals surface area contributed by atoms with Crippen LogP contribution < -0.4 is 4.90 Å². The molecule has 114 valence electrons. The second-order valence-electron chi connectivity index (χ2n) is 5.80. The summed E-state index contributed by atoms with van der Waals surface area (Å²) in [5.74, 6) is -0.118. The lowest BCUT2D eigenvalue weighted by atomic mass is 9.90. The molecule has 0 spiro atoms. The molecule has 4 rings (SSSR count). The van der Waals surface area contributed by atoms with Gasteiger partial charge in [-0.3, -0.25) is 4.79 Å². The molecule has 0 amide bonds. The second-order valence-corrected chi connectivity index (χ2v) is 6.23. The number of anilines is 1. The molecule has 0 N–H and O–H groups in total. The van der Waals surface area contributed by atoms with Gasteiger partial charge in [0, 0.05) is 30.9 Å². The summed E-state index contributed by atoms with van der Waals surface area (Å²) in [6.45, 7) is 0. The number of hydrogen-bond acceptors (Lipinski definition) is 4. The first-order valence-electron chi connectivity index (χ1n) is 7.33. The lowest BCUT2D eigenvalue weighted by molar-refractivity contribution is 0.0984. The summed E-state index contributed by atoms with van der Waals surface area (Å²) in [6, 6.07) is 13.3. The fourth-order valence-electron chi connectivity index (χ4n) is 2.87. The Kier molecular flexibility index (Phi) is 3.10. The van der Waals surface area contributed by atoms with E-state index in [0.29, 0.717) is 17.0 Å². The Labute approximate surface area is 138 Å². The normalized spacial score (nSPS) is 16.1. The van der Waals surface area contributed by atoms with Crippen molar-refractivity contribution in [2.45, 2.75) is 5.38 Å². The molecule has 4 nitrogen and oxygen atoms in total. The van der Waals surface area contributed by atoms with Gasteiger partial charge in [0.2, 0.25) is 0 Å². The first-order valence-corrected chi connectivity index (χ1v) is 7.76. The van der Waals surface area contributed by atoms with Crippen LogP contribution in [0, 0.1) is 0 Å². The summed E-state index contributed by atoms with van der Waals surface area (Å²) in [5.41, 5.74) is 5.22. The molecule has 1 heterocycles. The van der Waals surface area contributed by atoms with Gasteiger partial charge in [0.25, 0.3) is 0 Å². The van der Waals surface area contributed by atoms with Gasteiger partial charge >= 0.3 is 0 Å². The van der Waals surface area contributed by atoms with Crippen LogP contribution in [0.4, 0.5) is 5.69 Å². The van der Waals surface area contributed by atoms with Crippen molar-refractivity contribution in [1.29, 1.82) is 0 Å². The van der Waals surface area contributed by atoms with Crippen LogP contribution in [0.1, 0.15) is 21.4 Å². The number of hydrogen-bond donors (Lipinski definition) is 0. The fraction of sp³-hybridized carbons (Fsp3) is 0.167. The molecule has 1 aliphatic carbocycles. The van der Waals surface area contributed by atoms with E-state index in [1.807, 2.05) is 55.4 Å². The number of nitrogens with zero attached hydrogens (tertiary/aromatic N) is 3. The molecule has 2 aromatic carbocycles. The van der Waals surface area contributed by atoms with Crippen molar-refractivity contribution in [1.82, 2.24) is 9.97 Å². The van der Waals surface area contributed by atoms with E-state index in [-0.39, 0.29) is 5.78 Å². The molecule has 0 saturated carbocycles. The van der Waals surface area contributed by atoms with E-state index in [0.717, 1.165) is 22.3 Å². The molecule has 1 atom stereocenters. The van der Waals surface area contributed by atoms with Crippen LogP contribution in [0.3, 0.4) is 0 Å². The SMILES string of the molecule is CN(C)c1ccc2nc3c(nc2c1)C(Cl)C(=O)c1ccccc1-3. The Balaban J connectivity index is 2.02. The molecule has 23 heavy (non-hydrogen) atoms. The Bertz CT molecular complexity index is 952. The number of aromatic nitrogens is 2. The van der Waals surface area contributed by atoms with E-state index in [4.69, 9.17) is 16.6 Å². The molecule has 1 aliphatic rings. The lowest BCUT2D eigenvalue weighted by Crippen LogP contribution is -2.18. The van der Waals surface area contributed by atoms with E-state index < -0.39 is 5.38 Å². The molecule has 1 unspecified atom stereocenters. The summed E-state index contributed by atoms with van der Waals surface area (Å²) in [4.78, 5) is 23.9. The predicted octanol–water partition coefficient (Wildman–Crippen LogP) is 3.84. The second kappa shape index (κ2) is 5.03. The smallest absolute Gasteiger partial charge is 0.187 e. The summed E-state index contributed by atoms with van der Waals surface area (Å²) in [7, 11) is 3.94. The molecule has 1 aromatic heterocycles. The van der Waals surface area contributed by atoms with Crippen LogP contribution in [0.25, 0.3) is 22.3 Å². The quantitative estimate of drug-likeness (QED) is 0.638. The van der Waals surface area contributed by atoms with E-state index in [9.17, 15) is 4.79 Å². The maximum absolute atomic E-state index is 12.5. The van der Waals surface area contributed by atoms with Gasteiger partial charge in [0.1, 0.15) is 5.38 Å². The highest BCUT2D eigenvalue weighted by atomic mass is 35.5. The zero-order valence-corrected chi connectivity index (χ0v) is 13.5. The number of fused-ring (bicyclic) bond motifs is 4. The summed E-state index contributed by atoms with van der Waals surface area (Å²) in [6.07, 6.45) is 0. The van der Waals surface area contributed by atoms with Gasteiger partial charge < -0.3 is 4.90 Å². The number of halogens is 1. The zero-order chi connectivity index (χ0) is 16.1. The lowest BCUT2D eigenvalue weighted by Gasteiger charge is -2.21. The Hall–Kier alpha value is -2.46. The van der Waals surface area contributed by atoms with Gasteiger partial charge in [0.05, 0.1) is 22.4 Å². The number of carbonyl (C=O) groups is 1. The summed E-state index contributed by atoms with van der Waals surface area (Å²) in [5, 5.41) is -0.792. The van der Waals surface area contributed by atoms with E-state index in [1.165, 1.54) is 0 Å². The minimum atomic E-state index is -0.792. The van der Waals surface area contributed by atoms with Gasteiger partial charge in [-0.15, -0.1) is 11.6 Å². The maximum atomic E-state index is 12.5. The number of ketones is 1. The van der Waals surface area contributed by atoms with Crippen LogP contribution in [0.5, 0.6) is 0 Å². The molecule has 0 fully saturated rings. The van der Waals surface area contributed by atoms with Gasteiger partial charge in [-0.1, -0.05) is 24.3 Å². The van der Waals surface area contributed by atoms with Gasteiger partial charge in [-0.05, 0) is 18.2 Å². The molecule has 0 aliphatic heterocycles. The number of rotatable bonds is 1. The molecule has 0 saturated heterocycles. The third-order valence-corrected chi connectivity index (χ3v) is 4.51. The van der Waals surface area contributed by atoms with Crippen molar-refractivity contribution in [2.75, 3.05) is 19.0 Å². The molecule has 0 bridgehead atoms. The molecular formula is C18H14ClN3O. The highest BCUT2D eigenvalue weighted by Crippen LogP contribution is 2.40. The van der Waals surface area contributed by atoms with Crippen molar-refractivity contribution in [3.05, 3.63) is 53.7 Å². The molecule has 0 radical (unpaired) electrons. The standard InChI is InChI=1S/C18H14ClN3O/c1-22(2)10-7-8-13-14(9-10)21-17-15(19)18(23)12-6-4-3-5-11(12)16(17)20-13/h3-9,15H,1-2H3. The van der Waals surface area contributed by atoms with Gasteiger partial charge in [0.15, 0.2) is 5.78 Å². The number of Topliss-reactive ketones (excluding diaryl/α,β-unsaturated/α-hetero) is 1. The number of alkyl halides is 1. The zero-order valence-electron chi connectivity index (χ0n) is 12.7. The maximum Gasteiger partial charge on any atom is 0.187 e. The molecule has 3 aromatic rings. The Morgan fingerprint density at radius 1 is 1.00 bits per heavy atom. The summed E-state index contributed by atoms with van der Waals surface area (Å²) < 4.78 is 0. The third kappa shape index (κ3) is 2.10. The topological polar surface area (TPSA) is 46.1 Å². The number of carbonyl (C=O) groups excluding carboxylic acids is 1. The highest BCUT2D eigenvalue weighted by molar-refractivity contribution is 6.36. The van der Waals surface area contributed by atoms with E-state index in [1.54, 1.807) is 6.07 Å². The van der Waals surface area contributed by atoms with Crippen molar-refractivity contribution in [3.8, 4) is 11.3 Å². The Morgan fingerprint density at radius 2 is 1.74 bits per heavy atom. The predicted molar refractivity (Wildman–Crippen MR) is 92.2 cm³/mol. The van der Waals surface area contributed by atoms with Crippen LogP contribution in [-0.4, -0.2) is 29.8 Å². The molecule has 5 heteroatoms. The van der Waals surface area contributed by atoms with E-state index >= 15 is 0 Å². The molecular weight excluding hydrogens is 310 g/mol. The van der Waals surface area contributed by atoms with Crippen molar-refractivity contribution in [3.63, 3.8) is 0 Å². The van der Waals surface area contributed by atoms with E-state index in [2.05, 4.69) is 4.98 Å². The fourth-order valence-corrected chi connectivity index (χ4v) is 3.14. The average Bonchev–Trinajstić information content (AvgIpc) is 2.58. The minimum Gasteiger partial charge on any atom is -0.378 e. The largest absolute Gasteiger partial charge is 0.378 e. The van der Waals surface area contributed by atoms with Crippen LogP contribution in [0.2, 0.25) is 0 Å². The number of benzene rings is 2. The highest BCUT2D eigenvalue weighted by Gasteiger charge is 2.33. The van der Waals surface area contributed by atoms with Crippen LogP contribution >= 0.6 is 11.6 Å². The first kappa shape index (κ1) is 14.2. The van der Waals surface area contributed by atoms with Crippen LogP contribution in [-0.2, 0) is 0 Å². The minimum absolute atomic E-state index is 0.118. The summed E-state index contributed by atoms with van der Waals surface area (Å²) >= 11 is 6.37. The third-order valence-electron chi connectivity index (χ3n) is 4.11. The van der Waals surface area contributed by atoms with Crippen molar-refractivity contribution < 1.29 is 4.79 Å². The van der Waals surface area contributed by atoms with Gasteiger partial charge in [-0.25, -0.2) is 9.97 Å². The monoisotopic (exact) mass is 323 g/mol. The average molecular weight is 324 g/mol. The van der Waals surface area contributed by atoms with Gasteiger partial charge in [-0.2, -0.15) is 0 Å². The van der Waals surface area contributed by atoms with Crippen LogP contribution in [0.15, 0.2) is 42.5 Å². The Morgan fingerprint density at radius 3 is 2.48 bits per heavy atom. The van der Waals surface area contributed by atoms with Crippen molar-refractivity contribution in [2.24, 2.45) is 0 Å².